The highest BCUT2D eigenvalue weighted by Gasteiger charge is 2.13. The largest absolute Gasteiger partial charge is 0.465 e. The van der Waals surface area contributed by atoms with Gasteiger partial charge in [-0.2, -0.15) is 0 Å². The second-order valence-electron chi connectivity index (χ2n) is 4.60. The molecule has 6 heteroatoms. The van der Waals surface area contributed by atoms with Gasteiger partial charge in [-0.1, -0.05) is 5.16 Å². The van der Waals surface area contributed by atoms with Crippen molar-refractivity contribution in [1.29, 1.82) is 0 Å². The zero-order chi connectivity index (χ0) is 15.4. The molecule has 1 amide bonds. The number of hydrogen-bond acceptors (Lipinski definition) is 5. The molecule has 2 rings (SSSR count). The standard InChI is InChI=1S/C15H16N2O4/c1-9-13(10(2)21-17-9)8-14(18)16-12-6-4-11(5-7-12)15(19)20-3/h4-7H,8H2,1-3H3,(H,16,18). The van der Waals surface area contributed by atoms with Gasteiger partial charge in [-0.25, -0.2) is 4.79 Å². The minimum Gasteiger partial charge on any atom is -0.465 e. The van der Waals surface area contributed by atoms with E-state index in [4.69, 9.17) is 4.52 Å². The molecule has 1 aromatic carbocycles. The van der Waals surface area contributed by atoms with Crippen molar-refractivity contribution in [1.82, 2.24) is 5.16 Å². The molecule has 110 valence electrons. The van der Waals surface area contributed by atoms with Gasteiger partial charge in [0.15, 0.2) is 0 Å². The molecule has 0 atom stereocenters. The van der Waals surface area contributed by atoms with Crippen LogP contribution in [0.15, 0.2) is 28.8 Å². The van der Waals surface area contributed by atoms with Crippen LogP contribution in [-0.4, -0.2) is 24.1 Å². The zero-order valence-electron chi connectivity index (χ0n) is 12.1. The summed E-state index contributed by atoms with van der Waals surface area (Å²) in [6.07, 6.45) is 0.194. The third kappa shape index (κ3) is 3.47. The number of nitrogens with zero attached hydrogens (tertiary/aromatic N) is 1. The summed E-state index contributed by atoms with van der Waals surface area (Å²) in [6.45, 7) is 3.57. The van der Waals surface area contributed by atoms with Gasteiger partial charge >= 0.3 is 5.97 Å². The Bertz CT molecular complexity index is 639. The van der Waals surface area contributed by atoms with Gasteiger partial charge in [0, 0.05) is 11.3 Å². The molecule has 0 aliphatic heterocycles. The summed E-state index contributed by atoms with van der Waals surface area (Å²) in [4.78, 5) is 23.3. The molecule has 6 nitrogen and oxygen atoms in total. The van der Waals surface area contributed by atoms with Gasteiger partial charge in [-0.3, -0.25) is 4.79 Å². The third-order valence-corrected chi connectivity index (χ3v) is 3.11. The number of rotatable bonds is 4. The van der Waals surface area contributed by atoms with Crippen molar-refractivity contribution in [3.8, 4) is 0 Å². The number of nitrogens with one attached hydrogen (secondary N) is 1. The van der Waals surface area contributed by atoms with Crippen molar-refractivity contribution < 1.29 is 18.8 Å². The Morgan fingerprint density at radius 1 is 1.24 bits per heavy atom. The van der Waals surface area contributed by atoms with Gasteiger partial charge in [0.25, 0.3) is 0 Å². The maximum Gasteiger partial charge on any atom is 0.337 e. The Kier molecular flexibility index (Phi) is 4.37. The molecule has 0 aliphatic carbocycles. The molecule has 0 fully saturated rings. The van der Waals surface area contributed by atoms with E-state index in [1.807, 2.05) is 0 Å². The fourth-order valence-electron chi connectivity index (χ4n) is 1.93. The second-order valence-corrected chi connectivity index (χ2v) is 4.60. The second kappa shape index (κ2) is 6.21. The van der Waals surface area contributed by atoms with Crippen molar-refractivity contribution >= 4 is 17.6 Å². The maximum atomic E-state index is 12.0. The zero-order valence-corrected chi connectivity index (χ0v) is 12.1. The Morgan fingerprint density at radius 2 is 1.90 bits per heavy atom. The van der Waals surface area contributed by atoms with E-state index in [0.29, 0.717) is 22.7 Å². The van der Waals surface area contributed by atoms with Crippen molar-refractivity contribution in [3.05, 3.63) is 46.8 Å². The first kappa shape index (κ1) is 14.8. The average Bonchev–Trinajstić information content (AvgIpc) is 2.79. The summed E-state index contributed by atoms with van der Waals surface area (Å²) in [6, 6.07) is 6.49. The predicted octanol–water partition coefficient (Wildman–Crippen LogP) is 2.26. The molecule has 0 aliphatic rings. The average molecular weight is 288 g/mol. The van der Waals surface area contributed by atoms with E-state index in [9.17, 15) is 9.59 Å². The van der Waals surface area contributed by atoms with Crippen LogP contribution in [0.25, 0.3) is 0 Å². The number of ether oxygens (including phenoxy) is 1. The van der Waals surface area contributed by atoms with Gasteiger partial charge in [0.2, 0.25) is 5.91 Å². The lowest BCUT2D eigenvalue weighted by atomic mass is 10.1. The van der Waals surface area contributed by atoms with E-state index in [1.165, 1.54) is 7.11 Å². The van der Waals surface area contributed by atoms with E-state index in [0.717, 1.165) is 5.56 Å². The minimum atomic E-state index is -0.413. The summed E-state index contributed by atoms with van der Waals surface area (Å²) in [5.74, 6) is 0.0579. The smallest absolute Gasteiger partial charge is 0.337 e. The van der Waals surface area contributed by atoms with Gasteiger partial charge in [0.05, 0.1) is 24.8 Å². The Balaban J connectivity index is 2.01. The summed E-state index contributed by atoms with van der Waals surface area (Å²) in [5.41, 5.74) is 2.54. The van der Waals surface area contributed by atoms with E-state index < -0.39 is 5.97 Å². The van der Waals surface area contributed by atoms with Gasteiger partial charge in [-0.15, -0.1) is 0 Å². The molecule has 0 bridgehead atoms. The molecular formula is C15H16N2O4. The third-order valence-electron chi connectivity index (χ3n) is 3.11. The van der Waals surface area contributed by atoms with Crippen LogP contribution in [0.1, 0.15) is 27.4 Å². The molecule has 1 N–H and O–H groups in total. The van der Waals surface area contributed by atoms with Crippen molar-refractivity contribution in [2.24, 2.45) is 0 Å². The molecule has 0 saturated carbocycles. The number of amides is 1. The van der Waals surface area contributed by atoms with Crippen LogP contribution in [0.4, 0.5) is 5.69 Å². The molecule has 1 aromatic heterocycles. The van der Waals surface area contributed by atoms with Crippen molar-refractivity contribution in [3.63, 3.8) is 0 Å². The number of carbonyl (C=O) groups is 2. The van der Waals surface area contributed by atoms with E-state index in [1.54, 1.807) is 38.1 Å². The van der Waals surface area contributed by atoms with Crippen LogP contribution in [0, 0.1) is 13.8 Å². The topological polar surface area (TPSA) is 81.4 Å². The molecular weight excluding hydrogens is 272 g/mol. The van der Waals surface area contributed by atoms with Crippen LogP contribution in [0.5, 0.6) is 0 Å². The van der Waals surface area contributed by atoms with Gasteiger partial charge in [0.1, 0.15) is 5.76 Å². The van der Waals surface area contributed by atoms with Crippen LogP contribution < -0.4 is 5.32 Å². The summed E-state index contributed by atoms with van der Waals surface area (Å²) in [7, 11) is 1.32. The molecule has 0 spiro atoms. The highest BCUT2D eigenvalue weighted by molar-refractivity contribution is 5.94. The highest BCUT2D eigenvalue weighted by Crippen LogP contribution is 2.15. The number of carbonyl (C=O) groups excluding carboxylic acids is 2. The van der Waals surface area contributed by atoms with Gasteiger partial charge in [-0.05, 0) is 38.1 Å². The van der Waals surface area contributed by atoms with Crippen LogP contribution in [0.2, 0.25) is 0 Å². The lowest BCUT2D eigenvalue weighted by Gasteiger charge is -2.06. The van der Waals surface area contributed by atoms with Crippen molar-refractivity contribution in [2.45, 2.75) is 20.3 Å². The normalized spacial score (nSPS) is 10.2. The number of hydrogen-bond donors (Lipinski definition) is 1. The Labute approximate surface area is 122 Å². The summed E-state index contributed by atoms with van der Waals surface area (Å²) in [5, 5.41) is 6.57. The minimum absolute atomic E-state index is 0.171. The fraction of sp³-hybridized carbons (Fsp3) is 0.267. The predicted molar refractivity (Wildman–Crippen MR) is 76.1 cm³/mol. The number of anilines is 1. The molecule has 21 heavy (non-hydrogen) atoms. The number of methoxy groups -OCH3 is 1. The molecule has 2 aromatic rings. The fourth-order valence-corrected chi connectivity index (χ4v) is 1.93. The van der Waals surface area contributed by atoms with Crippen molar-refractivity contribution in [2.75, 3.05) is 12.4 Å². The number of benzene rings is 1. The van der Waals surface area contributed by atoms with E-state index in [-0.39, 0.29) is 12.3 Å². The maximum absolute atomic E-state index is 12.0. The van der Waals surface area contributed by atoms with Gasteiger partial charge < -0.3 is 14.6 Å². The van der Waals surface area contributed by atoms with Crippen LogP contribution in [-0.2, 0) is 16.0 Å². The first-order chi connectivity index (χ1) is 10.0. The molecule has 0 radical (unpaired) electrons. The number of esters is 1. The highest BCUT2D eigenvalue weighted by atomic mass is 16.5. The lowest BCUT2D eigenvalue weighted by molar-refractivity contribution is -0.115. The monoisotopic (exact) mass is 288 g/mol. The van der Waals surface area contributed by atoms with E-state index >= 15 is 0 Å². The molecule has 0 unspecified atom stereocenters. The molecule has 0 saturated heterocycles. The number of aromatic nitrogens is 1. The summed E-state index contributed by atoms with van der Waals surface area (Å²) < 4.78 is 9.63. The lowest BCUT2D eigenvalue weighted by Crippen LogP contribution is -2.15. The molecule has 1 heterocycles. The first-order valence-corrected chi connectivity index (χ1v) is 6.41. The van der Waals surface area contributed by atoms with Crippen LogP contribution >= 0.6 is 0 Å². The van der Waals surface area contributed by atoms with E-state index in [2.05, 4.69) is 15.2 Å². The SMILES string of the molecule is COC(=O)c1ccc(NC(=O)Cc2c(C)noc2C)cc1. The Hall–Kier alpha value is -2.63. The first-order valence-electron chi connectivity index (χ1n) is 6.41. The Morgan fingerprint density at radius 3 is 2.43 bits per heavy atom. The quantitative estimate of drug-likeness (QED) is 0.873. The summed E-state index contributed by atoms with van der Waals surface area (Å²) >= 11 is 0. The van der Waals surface area contributed by atoms with Crippen LogP contribution in [0.3, 0.4) is 0 Å². The number of aryl methyl sites for hydroxylation is 2.